The molecule has 0 saturated heterocycles. The van der Waals surface area contributed by atoms with Crippen LogP contribution in [0.3, 0.4) is 0 Å². The summed E-state index contributed by atoms with van der Waals surface area (Å²) in [6.45, 7) is 4.89. The van der Waals surface area contributed by atoms with E-state index in [-0.39, 0.29) is 0 Å². The van der Waals surface area contributed by atoms with Gasteiger partial charge >= 0.3 is 0 Å². The van der Waals surface area contributed by atoms with Gasteiger partial charge in [0.2, 0.25) is 0 Å². The lowest BCUT2D eigenvalue weighted by atomic mass is 10.0. The molecule has 0 fully saturated rings. The predicted molar refractivity (Wildman–Crippen MR) is 80.2 cm³/mol. The Hall–Kier alpha value is -2.03. The summed E-state index contributed by atoms with van der Waals surface area (Å²) in [6, 6.07) is 10.1. The first-order valence-electron chi connectivity index (χ1n) is 6.53. The number of furan rings is 1. The molecule has 2 aromatic rings. The zero-order chi connectivity index (χ0) is 13.7. The highest BCUT2D eigenvalue weighted by atomic mass is 16.3. The normalized spacial score (nSPS) is 11.6. The highest BCUT2D eigenvalue weighted by Crippen LogP contribution is 2.19. The van der Waals surface area contributed by atoms with Crippen LogP contribution in [-0.2, 0) is 6.42 Å². The van der Waals surface area contributed by atoms with E-state index < -0.39 is 0 Å². The van der Waals surface area contributed by atoms with Gasteiger partial charge in [0, 0.05) is 19.3 Å². The van der Waals surface area contributed by atoms with Crippen LogP contribution in [0, 0.1) is 6.92 Å². The van der Waals surface area contributed by atoms with Gasteiger partial charge in [-0.05, 0) is 49.6 Å². The first-order valence-corrected chi connectivity index (χ1v) is 6.53. The largest absolute Gasteiger partial charge is 0.463 e. The van der Waals surface area contributed by atoms with Crippen molar-refractivity contribution in [3.63, 3.8) is 0 Å². The molecule has 1 aromatic carbocycles. The van der Waals surface area contributed by atoms with Gasteiger partial charge in [-0.15, -0.1) is 0 Å². The Morgan fingerprint density at radius 1 is 1.26 bits per heavy atom. The number of anilines is 1. The second kappa shape index (κ2) is 6.23. The SMILES string of the molecule is CNc1cccc(C)c1CCN=C(C)c1ccco1. The third-order valence-electron chi connectivity index (χ3n) is 3.27. The molecule has 1 N–H and O–H groups in total. The molecule has 0 bridgehead atoms. The van der Waals surface area contributed by atoms with Crippen LogP contribution < -0.4 is 5.32 Å². The lowest BCUT2D eigenvalue weighted by molar-refractivity contribution is 0.557. The van der Waals surface area contributed by atoms with E-state index in [4.69, 9.17) is 4.42 Å². The molecule has 19 heavy (non-hydrogen) atoms. The molecule has 0 radical (unpaired) electrons. The van der Waals surface area contributed by atoms with Crippen molar-refractivity contribution in [2.45, 2.75) is 20.3 Å². The number of aryl methyl sites for hydroxylation is 1. The van der Waals surface area contributed by atoms with Crippen molar-refractivity contribution in [3.8, 4) is 0 Å². The highest BCUT2D eigenvalue weighted by Gasteiger charge is 2.04. The van der Waals surface area contributed by atoms with Gasteiger partial charge in [-0.1, -0.05) is 12.1 Å². The van der Waals surface area contributed by atoms with Crippen LogP contribution in [0.5, 0.6) is 0 Å². The van der Waals surface area contributed by atoms with Crippen LogP contribution in [-0.4, -0.2) is 19.3 Å². The fraction of sp³-hybridized carbons (Fsp3) is 0.312. The first kappa shape index (κ1) is 13.4. The average molecular weight is 256 g/mol. The van der Waals surface area contributed by atoms with E-state index in [1.165, 1.54) is 16.8 Å². The van der Waals surface area contributed by atoms with E-state index in [9.17, 15) is 0 Å². The molecule has 0 unspecified atom stereocenters. The van der Waals surface area contributed by atoms with Crippen LogP contribution in [0.15, 0.2) is 46.0 Å². The molecular weight excluding hydrogens is 236 g/mol. The molecule has 3 heteroatoms. The van der Waals surface area contributed by atoms with Crippen LogP contribution in [0.4, 0.5) is 5.69 Å². The Kier molecular flexibility index (Phi) is 4.39. The van der Waals surface area contributed by atoms with E-state index in [0.717, 1.165) is 24.4 Å². The van der Waals surface area contributed by atoms with E-state index in [1.807, 2.05) is 26.1 Å². The van der Waals surface area contributed by atoms with Crippen LogP contribution in [0.25, 0.3) is 0 Å². The number of rotatable bonds is 5. The molecule has 1 aromatic heterocycles. The first-order chi connectivity index (χ1) is 9.22. The lowest BCUT2D eigenvalue weighted by Gasteiger charge is -2.11. The second-order valence-corrected chi connectivity index (χ2v) is 4.55. The van der Waals surface area contributed by atoms with Crippen molar-refractivity contribution in [2.24, 2.45) is 4.99 Å². The van der Waals surface area contributed by atoms with Crippen molar-refractivity contribution in [1.82, 2.24) is 0 Å². The van der Waals surface area contributed by atoms with Gasteiger partial charge in [-0.3, -0.25) is 4.99 Å². The molecule has 3 nitrogen and oxygen atoms in total. The maximum absolute atomic E-state index is 5.32. The quantitative estimate of drug-likeness (QED) is 0.829. The third kappa shape index (κ3) is 3.25. The fourth-order valence-corrected chi connectivity index (χ4v) is 2.17. The number of nitrogens with one attached hydrogen (secondary N) is 1. The van der Waals surface area contributed by atoms with Crippen molar-refractivity contribution in [2.75, 3.05) is 18.9 Å². The van der Waals surface area contributed by atoms with Crippen LogP contribution in [0.1, 0.15) is 23.8 Å². The lowest BCUT2D eigenvalue weighted by Crippen LogP contribution is -2.02. The van der Waals surface area contributed by atoms with Crippen LogP contribution in [0.2, 0.25) is 0 Å². The Morgan fingerprint density at radius 2 is 2.11 bits per heavy atom. The van der Waals surface area contributed by atoms with E-state index in [0.29, 0.717) is 0 Å². The molecule has 2 rings (SSSR count). The van der Waals surface area contributed by atoms with Gasteiger partial charge in [0.15, 0.2) is 0 Å². The van der Waals surface area contributed by atoms with Gasteiger partial charge < -0.3 is 9.73 Å². The molecular formula is C16H20N2O. The van der Waals surface area contributed by atoms with Crippen molar-refractivity contribution in [3.05, 3.63) is 53.5 Å². The van der Waals surface area contributed by atoms with E-state index in [2.05, 4.69) is 35.4 Å². The zero-order valence-corrected chi connectivity index (χ0v) is 11.7. The molecule has 0 aliphatic rings. The number of hydrogen-bond donors (Lipinski definition) is 1. The summed E-state index contributed by atoms with van der Waals surface area (Å²) in [4.78, 5) is 4.57. The molecule has 0 spiro atoms. The Balaban J connectivity index is 2.05. The van der Waals surface area contributed by atoms with Gasteiger partial charge in [0.05, 0.1) is 12.0 Å². The number of nitrogens with zero attached hydrogens (tertiary/aromatic N) is 1. The topological polar surface area (TPSA) is 37.5 Å². The maximum atomic E-state index is 5.32. The number of hydrogen-bond acceptors (Lipinski definition) is 3. The summed E-state index contributed by atoms with van der Waals surface area (Å²) in [5.41, 5.74) is 4.77. The molecule has 1 heterocycles. The third-order valence-corrected chi connectivity index (χ3v) is 3.27. The minimum Gasteiger partial charge on any atom is -0.463 e. The monoisotopic (exact) mass is 256 g/mol. The smallest absolute Gasteiger partial charge is 0.147 e. The Bertz CT molecular complexity index is 556. The molecule has 0 amide bonds. The summed E-state index contributed by atoms with van der Waals surface area (Å²) in [5, 5.41) is 3.24. The van der Waals surface area contributed by atoms with Gasteiger partial charge in [-0.25, -0.2) is 0 Å². The minimum absolute atomic E-state index is 0.770. The summed E-state index contributed by atoms with van der Waals surface area (Å²) in [5.74, 6) is 0.846. The standard InChI is InChI=1S/C16H20N2O/c1-12-6-4-7-15(17-3)14(12)9-10-18-13(2)16-8-5-11-19-16/h4-8,11,17H,9-10H2,1-3H3. The van der Waals surface area contributed by atoms with Gasteiger partial charge in [0.25, 0.3) is 0 Å². The van der Waals surface area contributed by atoms with Crippen molar-refractivity contribution >= 4 is 11.4 Å². The summed E-state index contributed by atoms with van der Waals surface area (Å²) in [6.07, 6.45) is 2.61. The van der Waals surface area contributed by atoms with Crippen molar-refractivity contribution < 1.29 is 4.42 Å². The average Bonchev–Trinajstić information content (AvgIpc) is 2.94. The van der Waals surface area contributed by atoms with Crippen LogP contribution >= 0.6 is 0 Å². The fourth-order valence-electron chi connectivity index (χ4n) is 2.17. The zero-order valence-electron chi connectivity index (χ0n) is 11.7. The molecule has 0 atom stereocenters. The summed E-state index contributed by atoms with van der Waals surface area (Å²) in [7, 11) is 1.95. The summed E-state index contributed by atoms with van der Waals surface area (Å²) >= 11 is 0. The number of aliphatic imine (C=N–C) groups is 1. The molecule has 100 valence electrons. The van der Waals surface area contributed by atoms with Gasteiger partial charge in [-0.2, -0.15) is 0 Å². The van der Waals surface area contributed by atoms with E-state index in [1.54, 1.807) is 6.26 Å². The van der Waals surface area contributed by atoms with Crippen molar-refractivity contribution in [1.29, 1.82) is 0 Å². The Morgan fingerprint density at radius 3 is 2.79 bits per heavy atom. The molecule has 0 saturated carbocycles. The molecule has 0 aliphatic heterocycles. The highest BCUT2D eigenvalue weighted by molar-refractivity contribution is 5.96. The molecule has 0 aliphatic carbocycles. The van der Waals surface area contributed by atoms with Gasteiger partial charge in [0.1, 0.15) is 5.76 Å². The summed E-state index contributed by atoms with van der Waals surface area (Å²) < 4.78 is 5.32. The second-order valence-electron chi connectivity index (χ2n) is 4.55. The van der Waals surface area contributed by atoms with E-state index >= 15 is 0 Å². The predicted octanol–water partition coefficient (Wildman–Crippen LogP) is 3.68. The maximum Gasteiger partial charge on any atom is 0.147 e. The minimum atomic E-state index is 0.770. The Labute approximate surface area is 114 Å². The number of benzene rings is 1.